The Morgan fingerprint density at radius 3 is 1.87 bits per heavy atom. The van der Waals surface area contributed by atoms with Crippen molar-refractivity contribution in [3.8, 4) is 0 Å². The molecule has 84 valence electrons. The lowest BCUT2D eigenvalue weighted by molar-refractivity contribution is 0.112. The van der Waals surface area contributed by atoms with Gasteiger partial charge in [0.05, 0.1) is 6.67 Å². The first-order chi connectivity index (χ1) is 6.95. The Labute approximate surface area is 91.3 Å². The average molecular weight is 210 g/mol. The van der Waals surface area contributed by atoms with Crippen LogP contribution in [0, 0.1) is 0 Å². The number of carbonyl (C=O) groups is 1. The monoisotopic (exact) mass is 210 g/mol. The predicted octanol–water partition coefficient (Wildman–Crippen LogP) is 3.77. The fourth-order valence-corrected chi connectivity index (χ4v) is 1.06. The van der Waals surface area contributed by atoms with Crippen molar-refractivity contribution in [1.82, 2.24) is 0 Å². The van der Waals surface area contributed by atoms with Crippen LogP contribution in [0.25, 0.3) is 0 Å². The Bertz CT molecular complexity index is 282. The minimum absolute atomic E-state index is 0.168. The topological polar surface area (TPSA) is 17.1 Å². The highest BCUT2D eigenvalue weighted by molar-refractivity contribution is 5.74. The molecule has 15 heavy (non-hydrogen) atoms. The maximum absolute atomic E-state index is 10.4. The summed E-state index contributed by atoms with van der Waals surface area (Å²) in [6.45, 7) is 7.68. The summed E-state index contributed by atoms with van der Waals surface area (Å²) in [6, 6.07) is 7.72. The molecule has 0 heterocycles. The molecule has 0 atom stereocenters. The number of rotatable bonds is 1. The first-order valence-corrected chi connectivity index (χ1v) is 5.07. The fourth-order valence-electron chi connectivity index (χ4n) is 1.06. The van der Waals surface area contributed by atoms with Crippen LogP contribution in [0.2, 0.25) is 0 Å². The van der Waals surface area contributed by atoms with Crippen molar-refractivity contribution in [2.75, 3.05) is 6.67 Å². The molecule has 1 rings (SSSR count). The summed E-state index contributed by atoms with van der Waals surface area (Å²) in [5, 5.41) is 0. The van der Waals surface area contributed by atoms with Crippen molar-refractivity contribution < 1.29 is 9.18 Å². The fraction of sp³-hybridized carbons (Fsp3) is 0.462. The molecular formula is C13H19FO. The van der Waals surface area contributed by atoms with Gasteiger partial charge in [-0.25, -0.2) is 0 Å². The van der Waals surface area contributed by atoms with Gasteiger partial charge in [0.2, 0.25) is 0 Å². The van der Waals surface area contributed by atoms with Gasteiger partial charge >= 0.3 is 0 Å². The van der Waals surface area contributed by atoms with E-state index in [1.807, 2.05) is 24.3 Å². The van der Waals surface area contributed by atoms with Crippen LogP contribution in [0.4, 0.5) is 4.39 Å². The molecule has 0 N–H and O–H groups in total. The number of benzene rings is 1. The second-order valence-electron chi connectivity index (χ2n) is 4.26. The largest absolute Gasteiger partial charge is 0.298 e. The van der Waals surface area contributed by atoms with E-state index in [0.717, 1.165) is 11.8 Å². The van der Waals surface area contributed by atoms with E-state index in [1.165, 1.54) is 12.5 Å². The minimum Gasteiger partial charge on any atom is -0.298 e. The minimum atomic E-state index is -0.250. The van der Waals surface area contributed by atoms with E-state index in [4.69, 9.17) is 0 Å². The molecule has 1 aromatic rings. The zero-order chi connectivity index (χ0) is 11.9. The van der Waals surface area contributed by atoms with E-state index in [9.17, 15) is 9.18 Å². The third-order valence-corrected chi connectivity index (χ3v) is 1.91. The molecule has 2 heteroatoms. The van der Waals surface area contributed by atoms with E-state index >= 15 is 0 Å². The second-order valence-corrected chi connectivity index (χ2v) is 4.26. The SMILES string of the molecule is CC(C)(C)c1ccc(C=O)cc1.CCF. The summed E-state index contributed by atoms with van der Waals surface area (Å²) in [7, 11) is 0. The highest BCUT2D eigenvalue weighted by atomic mass is 19.1. The van der Waals surface area contributed by atoms with Crippen LogP contribution in [0.1, 0.15) is 43.6 Å². The summed E-state index contributed by atoms with van der Waals surface area (Å²) >= 11 is 0. The lowest BCUT2D eigenvalue weighted by Crippen LogP contribution is -2.10. The molecule has 0 unspecified atom stereocenters. The van der Waals surface area contributed by atoms with E-state index < -0.39 is 0 Å². The quantitative estimate of drug-likeness (QED) is 0.645. The van der Waals surface area contributed by atoms with Crippen LogP contribution in [0.5, 0.6) is 0 Å². The lowest BCUT2D eigenvalue weighted by atomic mass is 9.87. The van der Waals surface area contributed by atoms with Crippen LogP contribution in [0.3, 0.4) is 0 Å². The third kappa shape index (κ3) is 5.31. The van der Waals surface area contributed by atoms with Crippen LogP contribution in [0.15, 0.2) is 24.3 Å². The molecule has 0 amide bonds. The van der Waals surface area contributed by atoms with Crippen molar-refractivity contribution in [2.24, 2.45) is 0 Å². The van der Waals surface area contributed by atoms with Gasteiger partial charge in [-0.2, -0.15) is 0 Å². The maximum Gasteiger partial charge on any atom is 0.150 e. The van der Waals surface area contributed by atoms with Gasteiger partial charge < -0.3 is 0 Å². The van der Waals surface area contributed by atoms with E-state index in [0.29, 0.717) is 0 Å². The smallest absolute Gasteiger partial charge is 0.150 e. The van der Waals surface area contributed by atoms with Gasteiger partial charge in [0.1, 0.15) is 6.29 Å². The van der Waals surface area contributed by atoms with E-state index in [2.05, 4.69) is 20.8 Å². The Balaban J connectivity index is 0.000000583. The number of hydrogen-bond acceptors (Lipinski definition) is 1. The molecule has 0 aromatic heterocycles. The summed E-state index contributed by atoms with van der Waals surface area (Å²) in [5.74, 6) is 0. The summed E-state index contributed by atoms with van der Waals surface area (Å²) in [6.07, 6.45) is 0.867. The highest BCUT2D eigenvalue weighted by Gasteiger charge is 2.12. The van der Waals surface area contributed by atoms with Gasteiger partial charge in [-0.15, -0.1) is 0 Å². The Morgan fingerprint density at radius 1 is 1.20 bits per heavy atom. The molecule has 1 aromatic carbocycles. The van der Waals surface area contributed by atoms with E-state index in [-0.39, 0.29) is 12.1 Å². The second kappa shape index (κ2) is 6.33. The molecule has 0 bridgehead atoms. The van der Waals surface area contributed by atoms with Crippen LogP contribution in [-0.4, -0.2) is 13.0 Å². The molecule has 0 fully saturated rings. The van der Waals surface area contributed by atoms with Crippen molar-refractivity contribution in [1.29, 1.82) is 0 Å². The number of hydrogen-bond donors (Lipinski definition) is 0. The number of aldehydes is 1. The number of alkyl halides is 1. The lowest BCUT2D eigenvalue weighted by Gasteiger charge is -2.18. The molecule has 1 nitrogen and oxygen atoms in total. The Kier molecular flexibility index (Phi) is 5.83. The van der Waals surface area contributed by atoms with Crippen LogP contribution < -0.4 is 0 Å². The molecule has 0 spiro atoms. The average Bonchev–Trinajstić information content (AvgIpc) is 2.18. The number of halogens is 1. The summed E-state index contributed by atoms with van der Waals surface area (Å²) in [4.78, 5) is 10.4. The van der Waals surface area contributed by atoms with Gasteiger partial charge in [0.25, 0.3) is 0 Å². The van der Waals surface area contributed by atoms with Crippen LogP contribution in [-0.2, 0) is 5.41 Å². The van der Waals surface area contributed by atoms with Gasteiger partial charge in [-0.3, -0.25) is 9.18 Å². The molecule has 0 aliphatic heterocycles. The Hall–Kier alpha value is -1.18. The molecule has 0 aliphatic rings. The first-order valence-electron chi connectivity index (χ1n) is 5.07. The molecular weight excluding hydrogens is 191 g/mol. The van der Waals surface area contributed by atoms with Crippen molar-refractivity contribution in [2.45, 2.75) is 33.1 Å². The summed E-state index contributed by atoms with van der Waals surface area (Å²) < 4.78 is 10.3. The predicted molar refractivity (Wildman–Crippen MR) is 62.2 cm³/mol. The first kappa shape index (κ1) is 13.8. The van der Waals surface area contributed by atoms with Crippen molar-refractivity contribution in [3.05, 3.63) is 35.4 Å². The van der Waals surface area contributed by atoms with Crippen molar-refractivity contribution >= 4 is 6.29 Å². The standard InChI is InChI=1S/C11H14O.C2H5F/c1-11(2,3)10-6-4-9(8-12)5-7-10;1-2-3/h4-8H,1-3H3;2H2,1H3. The normalized spacial score (nSPS) is 10.2. The van der Waals surface area contributed by atoms with Crippen molar-refractivity contribution in [3.63, 3.8) is 0 Å². The Morgan fingerprint density at radius 2 is 1.60 bits per heavy atom. The molecule has 0 saturated heterocycles. The van der Waals surface area contributed by atoms with E-state index in [1.54, 1.807) is 0 Å². The summed E-state index contributed by atoms with van der Waals surface area (Å²) in [5.41, 5.74) is 2.16. The zero-order valence-corrected chi connectivity index (χ0v) is 9.88. The highest BCUT2D eigenvalue weighted by Crippen LogP contribution is 2.21. The number of carbonyl (C=O) groups excluding carboxylic acids is 1. The van der Waals surface area contributed by atoms with Gasteiger partial charge in [-0.05, 0) is 17.9 Å². The molecule has 0 radical (unpaired) electrons. The van der Waals surface area contributed by atoms with Gasteiger partial charge in [0.15, 0.2) is 0 Å². The molecule has 0 aliphatic carbocycles. The maximum atomic E-state index is 10.4. The third-order valence-electron chi connectivity index (χ3n) is 1.91. The van der Waals surface area contributed by atoms with Gasteiger partial charge in [0, 0.05) is 5.56 Å². The zero-order valence-electron chi connectivity index (χ0n) is 9.88. The molecule has 0 saturated carbocycles. The van der Waals surface area contributed by atoms with Crippen LogP contribution >= 0.6 is 0 Å². The van der Waals surface area contributed by atoms with Gasteiger partial charge in [-0.1, -0.05) is 45.0 Å².